The topological polar surface area (TPSA) is 61.4 Å². The van der Waals surface area contributed by atoms with E-state index >= 15 is 0 Å². The molecular weight excluding hydrogens is 414 g/mol. The summed E-state index contributed by atoms with van der Waals surface area (Å²) in [6.07, 6.45) is 0.260. The van der Waals surface area contributed by atoms with Crippen LogP contribution >= 0.6 is 22.7 Å². The number of nitrogens with one attached hydrogen (secondary N) is 1. The normalized spacial score (nSPS) is 15.4. The third-order valence-electron chi connectivity index (χ3n) is 5.37. The quantitative estimate of drug-likeness (QED) is 0.630. The van der Waals surface area contributed by atoms with Crippen LogP contribution in [0.3, 0.4) is 0 Å². The van der Waals surface area contributed by atoms with Crippen molar-refractivity contribution in [1.29, 1.82) is 0 Å². The molecule has 0 unspecified atom stereocenters. The van der Waals surface area contributed by atoms with E-state index in [1.165, 1.54) is 16.9 Å². The molecule has 0 atom stereocenters. The maximum Gasteiger partial charge on any atom is 0.232 e. The van der Waals surface area contributed by atoms with Gasteiger partial charge in [-0.15, -0.1) is 22.7 Å². The molecule has 0 aliphatic carbocycles. The summed E-state index contributed by atoms with van der Waals surface area (Å²) in [5, 5.41) is 6.44. The first-order chi connectivity index (χ1) is 14.5. The summed E-state index contributed by atoms with van der Waals surface area (Å²) in [5.41, 5.74) is 4.18. The van der Waals surface area contributed by atoms with Gasteiger partial charge in [0.15, 0.2) is 5.13 Å². The third kappa shape index (κ3) is 5.31. The fourth-order valence-corrected chi connectivity index (χ4v) is 5.05. The molecule has 8 heteroatoms. The third-order valence-corrected chi connectivity index (χ3v) is 7.30. The highest BCUT2D eigenvalue weighted by molar-refractivity contribution is 7.15. The molecule has 1 N–H and O–H groups in total. The first-order valence-corrected chi connectivity index (χ1v) is 11.8. The Kier molecular flexibility index (Phi) is 6.58. The van der Waals surface area contributed by atoms with Gasteiger partial charge >= 0.3 is 0 Å². The standard InChI is InChI=1S/C22H27N5OS2/c1-15-16(2)30-22(23-15)25-20(28)12-19-14-29-21(24-19)18-6-4-17(5-7-18)13-27-10-8-26(3)9-11-27/h4-7,14H,8-13H2,1-3H3,(H,23,25,28). The lowest BCUT2D eigenvalue weighted by atomic mass is 10.1. The predicted molar refractivity (Wildman–Crippen MR) is 124 cm³/mol. The number of amides is 1. The molecule has 158 valence electrons. The zero-order chi connectivity index (χ0) is 21.1. The highest BCUT2D eigenvalue weighted by atomic mass is 32.1. The van der Waals surface area contributed by atoms with Gasteiger partial charge in [-0.3, -0.25) is 9.69 Å². The van der Waals surface area contributed by atoms with Gasteiger partial charge in [-0.2, -0.15) is 0 Å². The number of nitrogens with zero attached hydrogens (tertiary/aromatic N) is 4. The number of aryl methyl sites for hydroxylation is 2. The van der Waals surface area contributed by atoms with Crippen molar-refractivity contribution in [3.63, 3.8) is 0 Å². The van der Waals surface area contributed by atoms with Gasteiger partial charge in [0.1, 0.15) is 5.01 Å². The number of benzene rings is 1. The summed E-state index contributed by atoms with van der Waals surface area (Å²) < 4.78 is 0. The lowest BCUT2D eigenvalue weighted by molar-refractivity contribution is -0.115. The van der Waals surface area contributed by atoms with Crippen LogP contribution in [0.25, 0.3) is 10.6 Å². The molecule has 4 rings (SSSR count). The van der Waals surface area contributed by atoms with Crippen LogP contribution in [0.2, 0.25) is 0 Å². The van der Waals surface area contributed by atoms with Crippen LogP contribution in [0.1, 0.15) is 21.8 Å². The number of thiazole rings is 2. The largest absolute Gasteiger partial charge is 0.304 e. The van der Waals surface area contributed by atoms with Gasteiger partial charge in [0.2, 0.25) is 5.91 Å². The summed E-state index contributed by atoms with van der Waals surface area (Å²) in [5.74, 6) is -0.0804. The number of hydrogen-bond donors (Lipinski definition) is 1. The second-order valence-electron chi connectivity index (χ2n) is 7.81. The van der Waals surface area contributed by atoms with E-state index in [0.717, 1.165) is 59.6 Å². The average molecular weight is 442 g/mol. The van der Waals surface area contributed by atoms with Crippen LogP contribution in [0.4, 0.5) is 5.13 Å². The molecule has 3 heterocycles. The Morgan fingerprint density at radius 3 is 2.50 bits per heavy atom. The molecule has 0 bridgehead atoms. The predicted octanol–water partition coefficient (Wildman–Crippen LogP) is 3.81. The molecular formula is C22H27N5OS2. The number of rotatable bonds is 6. The van der Waals surface area contributed by atoms with Gasteiger partial charge < -0.3 is 10.2 Å². The molecule has 6 nitrogen and oxygen atoms in total. The number of hydrogen-bond acceptors (Lipinski definition) is 7. The lowest BCUT2D eigenvalue weighted by Gasteiger charge is -2.32. The average Bonchev–Trinajstić information content (AvgIpc) is 3.30. The molecule has 2 aromatic heterocycles. The summed E-state index contributed by atoms with van der Waals surface area (Å²) in [7, 11) is 2.18. The van der Waals surface area contributed by atoms with Crippen LogP contribution in [0, 0.1) is 13.8 Å². The van der Waals surface area contributed by atoms with Crippen molar-refractivity contribution < 1.29 is 4.79 Å². The monoisotopic (exact) mass is 441 g/mol. The molecule has 1 saturated heterocycles. The minimum absolute atomic E-state index is 0.0804. The number of carbonyl (C=O) groups excluding carboxylic acids is 1. The van der Waals surface area contributed by atoms with Gasteiger partial charge in [-0.25, -0.2) is 9.97 Å². The Balaban J connectivity index is 1.33. The van der Waals surface area contributed by atoms with E-state index in [0.29, 0.717) is 5.13 Å². The van der Waals surface area contributed by atoms with E-state index in [4.69, 9.17) is 0 Å². The van der Waals surface area contributed by atoms with Crippen molar-refractivity contribution in [2.45, 2.75) is 26.8 Å². The molecule has 1 amide bonds. The van der Waals surface area contributed by atoms with Crippen LogP contribution in [0.15, 0.2) is 29.6 Å². The van der Waals surface area contributed by atoms with Gasteiger partial charge in [0.05, 0.1) is 17.8 Å². The molecule has 1 fully saturated rings. The molecule has 30 heavy (non-hydrogen) atoms. The van der Waals surface area contributed by atoms with Gasteiger partial charge in [-0.05, 0) is 26.5 Å². The molecule has 0 saturated carbocycles. The highest BCUT2D eigenvalue weighted by Gasteiger charge is 2.15. The van der Waals surface area contributed by atoms with E-state index in [1.54, 1.807) is 11.3 Å². The molecule has 1 aliphatic rings. The van der Waals surface area contributed by atoms with Crippen molar-refractivity contribution in [3.05, 3.63) is 51.5 Å². The summed E-state index contributed by atoms with van der Waals surface area (Å²) >= 11 is 3.08. The molecule has 0 spiro atoms. The van der Waals surface area contributed by atoms with Crippen molar-refractivity contribution in [2.24, 2.45) is 0 Å². The van der Waals surface area contributed by atoms with Crippen LogP contribution < -0.4 is 5.32 Å². The maximum atomic E-state index is 12.3. The van der Waals surface area contributed by atoms with Crippen molar-refractivity contribution >= 4 is 33.7 Å². The van der Waals surface area contributed by atoms with Crippen LogP contribution in [0.5, 0.6) is 0 Å². The van der Waals surface area contributed by atoms with Gasteiger partial charge in [0.25, 0.3) is 0 Å². The van der Waals surface area contributed by atoms with Gasteiger partial charge in [-0.1, -0.05) is 24.3 Å². The maximum absolute atomic E-state index is 12.3. The summed E-state index contributed by atoms with van der Waals surface area (Å²) in [4.78, 5) is 27.3. The first-order valence-electron chi connectivity index (χ1n) is 10.1. The number of likely N-dealkylation sites (N-methyl/N-ethyl adjacent to an activating group) is 1. The molecule has 1 aromatic carbocycles. The lowest BCUT2D eigenvalue weighted by Crippen LogP contribution is -2.43. The Hall–Kier alpha value is -2.13. The van der Waals surface area contributed by atoms with E-state index in [2.05, 4.69) is 56.4 Å². The van der Waals surface area contributed by atoms with Crippen molar-refractivity contribution in [3.8, 4) is 10.6 Å². The zero-order valence-electron chi connectivity index (χ0n) is 17.6. The van der Waals surface area contributed by atoms with Crippen LogP contribution in [-0.2, 0) is 17.8 Å². The molecule has 3 aromatic rings. The minimum Gasteiger partial charge on any atom is -0.304 e. The van der Waals surface area contributed by atoms with E-state index in [9.17, 15) is 4.79 Å². The summed E-state index contributed by atoms with van der Waals surface area (Å²) in [6.45, 7) is 9.46. The number of anilines is 1. The highest BCUT2D eigenvalue weighted by Crippen LogP contribution is 2.25. The Morgan fingerprint density at radius 1 is 1.10 bits per heavy atom. The SMILES string of the molecule is Cc1nc(NC(=O)Cc2csc(-c3ccc(CN4CCN(C)CC4)cc3)n2)sc1C. The van der Waals surface area contributed by atoms with Crippen molar-refractivity contribution in [2.75, 3.05) is 38.5 Å². The zero-order valence-corrected chi connectivity index (χ0v) is 19.3. The minimum atomic E-state index is -0.0804. The van der Waals surface area contributed by atoms with E-state index in [-0.39, 0.29) is 12.3 Å². The van der Waals surface area contributed by atoms with Crippen molar-refractivity contribution in [1.82, 2.24) is 19.8 Å². The second kappa shape index (κ2) is 9.34. The summed E-state index contributed by atoms with van der Waals surface area (Å²) in [6, 6.07) is 8.65. The Morgan fingerprint density at radius 2 is 1.83 bits per heavy atom. The number of carbonyl (C=O) groups is 1. The second-order valence-corrected chi connectivity index (χ2v) is 9.87. The van der Waals surface area contributed by atoms with Gasteiger partial charge in [0, 0.05) is 48.5 Å². The van der Waals surface area contributed by atoms with E-state index in [1.807, 2.05) is 19.2 Å². The smallest absolute Gasteiger partial charge is 0.232 e. The number of piperazine rings is 1. The first kappa shape index (κ1) is 21.1. The molecule has 1 aliphatic heterocycles. The number of aromatic nitrogens is 2. The van der Waals surface area contributed by atoms with Crippen LogP contribution in [-0.4, -0.2) is 58.9 Å². The fourth-order valence-electron chi connectivity index (χ4n) is 3.39. The Labute approximate surface area is 185 Å². The van der Waals surface area contributed by atoms with E-state index < -0.39 is 0 Å². The molecule has 0 radical (unpaired) electrons. The fraction of sp³-hybridized carbons (Fsp3) is 0.409. The Bertz CT molecular complexity index is 983.